The molecule has 0 spiro atoms. The molecule has 0 bridgehead atoms. The van der Waals surface area contributed by atoms with E-state index in [1.165, 1.54) is 13.0 Å². The molecule has 0 saturated carbocycles. The number of aliphatic carboxylic acids is 1. The summed E-state index contributed by atoms with van der Waals surface area (Å²) >= 11 is 0. The fraction of sp³-hybridized carbons (Fsp3) is 0.211. The maximum Gasteiger partial charge on any atom is 0.326 e. The summed E-state index contributed by atoms with van der Waals surface area (Å²) in [7, 11) is 0. The number of hydrogen-bond acceptors (Lipinski definition) is 3. The van der Waals surface area contributed by atoms with Crippen molar-refractivity contribution in [2.24, 2.45) is 0 Å². The van der Waals surface area contributed by atoms with Crippen LogP contribution in [0.2, 0.25) is 0 Å². The van der Waals surface area contributed by atoms with Gasteiger partial charge in [-0.2, -0.15) is 0 Å². The van der Waals surface area contributed by atoms with Crippen molar-refractivity contribution in [3.63, 3.8) is 0 Å². The highest BCUT2D eigenvalue weighted by Gasteiger charge is 2.22. The number of hydrogen-bond donors (Lipinski definition) is 3. The predicted molar refractivity (Wildman–Crippen MR) is 94.4 cm³/mol. The molecule has 1 atom stereocenters. The average Bonchev–Trinajstić information content (AvgIpc) is 2.59. The minimum Gasteiger partial charge on any atom is -0.480 e. The van der Waals surface area contributed by atoms with Crippen molar-refractivity contribution in [1.82, 2.24) is 5.32 Å². The molecular weight excluding hydrogens is 320 g/mol. The number of carbonyl (C=O) groups excluding carboxylic acids is 2. The number of benzene rings is 2. The summed E-state index contributed by atoms with van der Waals surface area (Å²) in [5.41, 5.74) is 1.57. The van der Waals surface area contributed by atoms with Crippen LogP contribution < -0.4 is 10.6 Å². The van der Waals surface area contributed by atoms with Crippen molar-refractivity contribution in [3.8, 4) is 0 Å². The quantitative estimate of drug-likeness (QED) is 0.721. The van der Waals surface area contributed by atoms with Crippen molar-refractivity contribution in [3.05, 3.63) is 65.7 Å². The number of amides is 2. The van der Waals surface area contributed by atoms with Gasteiger partial charge in [0.1, 0.15) is 6.04 Å². The molecule has 25 heavy (non-hydrogen) atoms. The van der Waals surface area contributed by atoms with Crippen LogP contribution in [0.1, 0.15) is 29.3 Å². The third-order valence-corrected chi connectivity index (χ3v) is 3.65. The molecule has 2 aromatic carbocycles. The Kier molecular flexibility index (Phi) is 6.28. The van der Waals surface area contributed by atoms with Crippen molar-refractivity contribution in [1.29, 1.82) is 0 Å². The lowest BCUT2D eigenvalue weighted by Gasteiger charge is -2.16. The van der Waals surface area contributed by atoms with Crippen LogP contribution in [-0.4, -0.2) is 28.9 Å². The van der Waals surface area contributed by atoms with Gasteiger partial charge in [-0.15, -0.1) is 0 Å². The van der Waals surface area contributed by atoms with E-state index in [9.17, 15) is 19.5 Å². The van der Waals surface area contributed by atoms with Gasteiger partial charge >= 0.3 is 5.97 Å². The molecule has 0 aliphatic rings. The van der Waals surface area contributed by atoms with Gasteiger partial charge in [-0.3, -0.25) is 9.59 Å². The summed E-state index contributed by atoms with van der Waals surface area (Å²) in [6.45, 7) is 1.34. The Morgan fingerprint density at radius 2 is 1.64 bits per heavy atom. The first-order valence-corrected chi connectivity index (χ1v) is 7.91. The number of anilines is 1. The SMILES string of the molecule is CC(=O)Nc1ccccc1C(=O)N[C@H](CCc1ccccc1)C(=O)O. The highest BCUT2D eigenvalue weighted by molar-refractivity contribution is 6.04. The number of rotatable bonds is 7. The molecular formula is C19H20N2O4. The summed E-state index contributed by atoms with van der Waals surface area (Å²) in [5, 5.41) is 14.5. The lowest BCUT2D eigenvalue weighted by atomic mass is 10.0. The van der Waals surface area contributed by atoms with Crippen molar-refractivity contribution in [2.45, 2.75) is 25.8 Å². The molecule has 2 rings (SSSR count). The van der Waals surface area contributed by atoms with Crippen LogP contribution in [-0.2, 0) is 16.0 Å². The van der Waals surface area contributed by atoms with Crippen molar-refractivity contribution in [2.75, 3.05) is 5.32 Å². The summed E-state index contributed by atoms with van der Waals surface area (Å²) < 4.78 is 0. The highest BCUT2D eigenvalue weighted by Crippen LogP contribution is 2.15. The summed E-state index contributed by atoms with van der Waals surface area (Å²) in [6.07, 6.45) is 0.804. The van der Waals surface area contributed by atoms with Crippen molar-refractivity contribution >= 4 is 23.5 Å². The molecule has 2 amide bonds. The smallest absolute Gasteiger partial charge is 0.326 e. The maximum atomic E-state index is 12.4. The van der Waals surface area contributed by atoms with E-state index in [2.05, 4.69) is 10.6 Å². The number of para-hydroxylation sites is 1. The standard InChI is InChI=1S/C19H20N2O4/c1-13(22)20-16-10-6-5-9-15(16)18(23)21-17(19(24)25)12-11-14-7-3-2-4-8-14/h2-10,17H,11-12H2,1H3,(H,20,22)(H,21,23)(H,24,25)/t17-/m1/s1. The Morgan fingerprint density at radius 3 is 2.28 bits per heavy atom. The Bertz CT molecular complexity index is 759. The Morgan fingerprint density at radius 1 is 1.00 bits per heavy atom. The third-order valence-electron chi connectivity index (χ3n) is 3.65. The van der Waals surface area contributed by atoms with E-state index in [0.717, 1.165) is 5.56 Å². The Balaban J connectivity index is 2.08. The number of carboxylic acid groups (broad SMARTS) is 1. The summed E-state index contributed by atoms with van der Waals surface area (Å²) in [4.78, 5) is 35.2. The fourth-order valence-corrected chi connectivity index (χ4v) is 2.43. The van der Waals surface area contributed by atoms with E-state index < -0.39 is 17.9 Å². The third kappa shape index (κ3) is 5.46. The first-order valence-electron chi connectivity index (χ1n) is 7.91. The molecule has 130 valence electrons. The second kappa shape index (κ2) is 8.63. The molecule has 0 fully saturated rings. The van der Waals surface area contributed by atoms with Gasteiger partial charge in [0, 0.05) is 6.92 Å². The number of carbonyl (C=O) groups is 3. The van der Waals surface area contributed by atoms with Crippen LogP contribution in [0.15, 0.2) is 54.6 Å². The van der Waals surface area contributed by atoms with Gasteiger partial charge in [-0.05, 0) is 30.5 Å². The molecule has 0 aliphatic carbocycles. The first kappa shape index (κ1) is 18.2. The molecule has 0 aromatic heterocycles. The van der Waals surface area contributed by atoms with E-state index in [1.54, 1.807) is 18.2 Å². The normalized spacial score (nSPS) is 11.4. The molecule has 0 heterocycles. The van der Waals surface area contributed by atoms with Gasteiger partial charge in [0.25, 0.3) is 5.91 Å². The topological polar surface area (TPSA) is 95.5 Å². The van der Waals surface area contributed by atoms with Gasteiger partial charge in [0.2, 0.25) is 5.91 Å². The molecule has 3 N–H and O–H groups in total. The molecule has 0 radical (unpaired) electrons. The van der Waals surface area contributed by atoms with Gasteiger partial charge in [0.15, 0.2) is 0 Å². The van der Waals surface area contributed by atoms with Crippen molar-refractivity contribution < 1.29 is 19.5 Å². The number of carboxylic acids is 1. The predicted octanol–water partition coefficient (Wildman–Crippen LogP) is 2.46. The largest absolute Gasteiger partial charge is 0.480 e. The van der Waals surface area contributed by atoms with Crippen LogP contribution in [0.4, 0.5) is 5.69 Å². The zero-order chi connectivity index (χ0) is 18.2. The minimum atomic E-state index is -1.10. The zero-order valence-corrected chi connectivity index (χ0v) is 13.9. The maximum absolute atomic E-state index is 12.4. The van der Waals surface area contributed by atoms with E-state index in [4.69, 9.17) is 0 Å². The van der Waals surface area contributed by atoms with Crippen LogP contribution in [0, 0.1) is 0 Å². The summed E-state index contributed by atoms with van der Waals surface area (Å²) in [5.74, 6) is -1.94. The Labute approximate surface area is 145 Å². The van der Waals surface area contributed by atoms with Gasteiger partial charge < -0.3 is 15.7 Å². The monoisotopic (exact) mass is 340 g/mol. The fourth-order valence-electron chi connectivity index (χ4n) is 2.43. The van der Waals surface area contributed by atoms with Crippen LogP contribution in [0.3, 0.4) is 0 Å². The molecule has 0 aliphatic heterocycles. The van der Waals surface area contributed by atoms with Crippen LogP contribution in [0.25, 0.3) is 0 Å². The van der Waals surface area contributed by atoms with Gasteiger partial charge in [-0.25, -0.2) is 4.79 Å². The molecule has 6 nitrogen and oxygen atoms in total. The van der Waals surface area contributed by atoms with E-state index in [-0.39, 0.29) is 17.9 Å². The second-order valence-corrected chi connectivity index (χ2v) is 5.62. The second-order valence-electron chi connectivity index (χ2n) is 5.62. The average molecular weight is 340 g/mol. The van der Waals surface area contributed by atoms with Gasteiger partial charge in [-0.1, -0.05) is 42.5 Å². The lowest BCUT2D eigenvalue weighted by Crippen LogP contribution is -2.41. The minimum absolute atomic E-state index is 0.226. The number of aryl methyl sites for hydroxylation is 1. The van der Waals surface area contributed by atoms with E-state index in [0.29, 0.717) is 12.1 Å². The van der Waals surface area contributed by atoms with Crippen LogP contribution in [0.5, 0.6) is 0 Å². The lowest BCUT2D eigenvalue weighted by molar-refractivity contribution is -0.139. The molecule has 6 heteroatoms. The molecule has 0 unspecified atom stereocenters. The van der Waals surface area contributed by atoms with E-state index in [1.807, 2.05) is 30.3 Å². The molecule has 2 aromatic rings. The number of nitrogens with one attached hydrogen (secondary N) is 2. The Hall–Kier alpha value is -3.15. The zero-order valence-electron chi connectivity index (χ0n) is 13.9. The first-order chi connectivity index (χ1) is 12.0. The highest BCUT2D eigenvalue weighted by atomic mass is 16.4. The van der Waals surface area contributed by atoms with Crippen LogP contribution >= 0.6 is 0 Å². The van der Waals surface area contributed by atoms with Gasteiger partial charge in [0.05, 0.1) is 11.3 Å². The van der Waals surface area contributed by atoms with E-state index >= 15 is 0 Å². The summed E-state index contributed by atoms with van der Waals surface area (Å²) in [6, 6.07) is 14.9. The molecule has 0 saturated heterocycles.